The summed E-state index contributed by atoms with van der Waals surface area (Å²) in [5.74, 6) is 0.482. The average molecular weight is 602 g/mol. The van der Waals surface area contributed by atoms with Crippen LogP contribution in [0.3, 0.4) is 0 Å². The van der Waals surface area contributed by atoms with Gasteiger partial charge in [0.25, 0.3) is 0 Å². The van der Waals surface area contributed by atoms with E-state index in [4.69, 9.17) is 14.2 Å². The van der Waals surface area contributed by atoms with Crippen molar-refractivity contribution in [1.29, 1.82) is 0 Å². The fraction of sp³-hybridized carbons (Fsp3) is 0.471. The van der Waals surface area contributed by atoms with Crippen LogP contribution in [0.2, 0.25) is 0 Å². The molecule has 10 heteroatoms. The zero-order valence-electron chi connectivity index (χ0n) is 26.0. The highest BCUT2D eigenvalue weighted by Gasteiger charge is 2.36. The van der Waals surface area contributed by atoms with Gasteiger partial charge in [0.2, 0.25) is 0 Å². The molecule has 2 aromatic heterocycles. The molecule has 2 aromatic carbocycles. The predicted octanol–water partition coefficient (Wildman–Crippen LogP) is 6.66. The number of benzene rings is 2. The first-order chi connectivity index (χ1) is 21.1. The van der Waals surface area contributed by atoms with Crippen molar-refractivity contribution in [2.24, 2.45) is 0 Å². The number of aryl methyl sites for hydroxylation is 1. The molecule has 3 heterocycles. The van der Waals surface area contributed by atoms with Crippen LogP contribution in [0, 0.1) is 6.92 Å². The number of likely N-dealkylation sites (tertiary alicyclic amines) is 1. The molecule has 0 bridgehead atoms. The van der Waals surface area contributed by atoms with E-state index in [2.05, 4.69) is 27.2 Å². The van der Waals surface area contributed by atoms with Crippen LogP contribution in [-0.2, 0) is 16.1 Å². The van der Waals surface area contributed by atoms with Gasteiger partial charge >= 0.3 is 12.1 Å². The topological polar surface area (TPSA) is 91.6 Å². The predicted molar refractivity (Wildman–Crippen MR) is 165 cm³/mol. The van der Waals surface area contributed by atoms with Crippen LogP contribution in [-0.4, -0.2) is 68.8 Å². The monoisotopic (exact) mass is 601 g/mol. The Hall–Kier alpha value is -4.05. The third kappa shape index (κ3) is 6.40. The van der Waals surface area contributed by atoms with Gasteiger partial charge < -0.3 is 19.1 Å². The molecule has 1 saturated heterocycles. The number of amides is 1. The van der Waals surface area contributed by atoms with Crippen molar-refractivity contribution < 1.29 is 23.4 Å². The minimum Gasteiger partial charge on any atom is -0.467 e. The van der Waals surface area contributed by atoms with Gasteiger partial charge in [-0.15, -0.1) is 0 Å². The largest absolute Gasteiger partial charge is 0.467 e. The Kier molecular flexibility index (Phi) is 8.28. The molecule has 44 heavy (non-hydrogen) atoms. The van der Waals surface area contributed by atoms with E-state index in [9.17, 15) is 4.79 Å². The number of halogens is 1. The maximum absolute atomic E-state index is 15.7. The molecule has 0 radical (unpaired) electrons. The summed E-state index contributed by atoms with van der Waals surface area (Å²) in [5, 5.41) is 5.60. The van der Waals surface area contributed by atoms with Gasteiger partial charge in [0, 0.05) is 29.8 Å². The number of carbonyl (C=O) groups excluding carboxylic acids is 1. The average Bonchev–Trinajstić information content (AvgIpc) is 3.38. The Bertz CT molecular complexity index is 1630. The number of alkyl halides is 1. The standard InChI is InChI=1S/C34H40FN5O4/c1-21-13-24-18-36-40(30(24)16-27(21)26-11-12-39(19-28(26)35)33(41)44-34(2,3)4)31-17-29(37-32(38-31)42-5)23-14-25(15-23)43-20-22-9-7-6-8-10-22/h6-10,13,16-18,23,25-26,28H,11-12,14-15,19-20H2,1-5H3/t23?,25?,26-,28+/m1/s1. The van der Waals surface area contributed by atoms with Crippen LogP contribution in [0.15, 0.2) is 54.7 Å². The van der Waals surface area contributed by atoms with Gasteiger partial charge in [0.1, 0.15) is 11.8 Å². The number of hydrogen-bond acceptors (Lipinski definition) is 7. The Morgan fingerprint density at radius 1 is 1.09 bits per heavy atom. The first kappa shape index (κ1) is 30.0. The van der Waals surface area contributed by atoms with Gasteiger partial charge in [-0.3, -0.25) is 0 Å². The van der Waals surface area contributed by atoms with E-state index < -0.39 is 17.9 Å². The van der Waals surface area contributed by atoms with E-state index in [-0.39, 0.29) is 30.5 Å². The summed E-state index contributed by atoms with van der Waals surface area (Å²) in [7, 11) is 1.56. The van der Waals surface area contributed by atoms with Gasteiger partial charge in [-0.1, -0.05) is 30.3 Å². The van der Waals surface area contributed by atoms with E-state index >= 15 is 4.39 Å². The van der Waals surface area contributed by atoms with Gasteiger partial charge in [0.15, 0.2) is 5.82 Å². The van der Waals surface area contributed by atoms with Crippen molar-refractivity contribution in [1.82, 2.24) is 24.6 Å². The molecule has 6 rings (SSSR count). The lowest BCUT2D eigenvalue weighted by atomic mass is 9.80. The summed E-state index contributed by atoms with van der Waals surface area (Å²) < 4.78 is 34.5. The van der Waals surface area contributed by atoms with Crippen LogP contribution in [0.5, 0.6) is 6.01 Å². The minimum absolute atomic E-state index is 0.000232. The zero-order valence-corrected chi connectivity index (χ0v) is 26.0. The molecule has 0 N–H and O–H groups in total. The molecule has 2 fully saturated rings. The van der Waals surface area contributed by atoms with Gasteiger partial charge in [-0.05, 0) is 75.8 Å². The lowest BCUT2D eigenvalue weighted by Crippen LogP contribution is -2.46. The van der Waals surface area contributed by atoms with Crippen molar-refractivity contribution in [2.75, 3.05) is 20.2 Å². The molecule has 232 valence electrons. The van der Waals surface area contributed by atoms with Gasteiger partial charge in [-0.2, -0.15) is 15.1 Å². The molecule has 1 aliphatic carbocycles. The van der Waals surface area contributed by atoms with Crippen molar-refractivity contribution in [3.63, 3.8) is 0 Å². The number of carbonyl (C=O) groups is 1. The summed E-state index contributed by atoms with van der Waals surface area (Å²) in [6.45, 7) is 8.46. The van der Waals surface area contributed by atoms with Crippen LogP contribution in [0.1, 0.15) is 74.3 Å². The maximum Gasteiger partial charge on any atom is 0.410 e. The normalized spacial score (nSPS) is 22.1. The molecule has 2 aliphatic rings. The number of ether oxygens (including phenoxy) is 3. The summed E-state index contributed by atoms with van der Waals surface area (Å²) in [6.07, 6.45) is 2.53. The van der Waals surface area contributed by atoms with Crippen LogP contribution < -0.4 is 4.74 Å². The molecular formula is C34H40FN5O4. The number of hydrogen-bond donors (Lipinski definition) is 0. The third-order valence-electron chi connectivity index (χ3n) is 8.50. The van der Waals surface area contributed by atoms with Crippen molar-refractivity contribution in [3.8, 4) is 11.8 Å². The molecule has 1 aliphatic heterocycles. The second kappa shape index (κ2) is 12.1. The second-order valence-electron chi connectivity index (χ2n) is 12.9. The zero-order chi connectivity index (χ0) is 31.0. The Morgan fingerprint density at radius 3 is 2.57 bits per heavy atom. The number of nitrogens with zero attached hydrogens (tertiary/aromatic N) is 5. The smallest absolute Gasteiger partial charge is 0.410 e. The van der Waals surface area contributed by atoms with Crippen LogP contribution >= 0.6 is 0 Å². The second-order valence-corrected chi connectivity index (χ2v) is 12.9. The van der Waals surface area contributed by atoms with Crippen LogP contribution in [0.25, 0.3) is 16.7 Å². The number of fused-ring (bicyclic) bond motifs is 1. The fourth-order valence-corrected chi connectivity index (χ4v) is 6.10. The highest BCUT2D eigenvalue weighted by Crippen LogP contribution is 2.40. The molecule has 1 amide bonds. The van der Waals surface area contributed by atoms with E-state index in [1.54, 1.807) is 18.0 Å². The first-order valence-electron chi connectivity index (χ1n) is 15.3. The van der Waals surface area contributed by atoms with Crippen molar-refractivity contribution in [3.05, 3.63) is 77.1 Å². The fourth-order valence-electron chi connectivity index (χ4n) is 6.10. The number of piperidine rings is 1. The van der Waals surface area contributed by atoms with E-state index in [0.717, 1.165) is 46.1 Å². The molecule has 2 atom stereocenters. The molecule has 1 saturated carbocycles. The van der Waals surface area contributed by atoms with Crippen LogP contribution in [0.4, 0.5) is 9.18 Å². The summed E-state index contributed by atoms with van der Waals surface area (Å²) in [5.41, 5.74) is 4.16. The van der Waals surface area contributed by atoms with Gasteiger partial charge in [0.05, 0.1) is 43.8 Å². The maximum atomic E-state index is 15.7. The number of rotatable bonds is 7. The Morgan fingerprint density at radius 2 is 1.86 bits per heavy atom. The highest BCUT2D eigenvalue weighted by atomic mass is 19.1. The summed E-state index contributed by atoms with van der Waals surface area (Å²) in [6, 6.07) is 16.5. The quantitative estimate of drug-likeness (QED) is 0.234. The molecular weight excluding hydrogens is 561 g/mol. The van der Waals surface area contributed by atoms with E-state index in [1.165, 1.54) is 4.90 Å². The third-order valence-corrected chi connectivity index (χ3v) is 8.50. The SMILES string of the molecule is COc1nc(C2CC(OCc3ccccc3)C2)cc(-n2ncc3cc(C)c([C@H]4CCN(C(=O)OC(C)(C)C)C[C@@H]4F)cc32)n1. The van der Waals surface area contributed by atoms with Gasteiger partial charge in [-0.25, -0.2) is 13.9 Å². The van der Waals surface area contributed by atoms with Crippen molar-refractivity contribution >= 4 is 17.0 Å². The van der Waals surface area contributed by atoms with E-state index in [0.29, 0.717) is 25.4 Å². The van der Waals surface area contributed by atoms with Crippen molar-refractivity contribution in [2.45, 2.75) is 83.3 Å². The molecule has 4 aromatic rings. The van der Waals surface area contributed by atoms with E-state index in [1.807, 2.05) is 64.1 Å². The minimum atomic E-state index is -1.22. The highest BCUT2D eigenvalue weighted by molar-refractivity contribution is 5.82. The summed E-state index contributed by atoms with van der Waals surface area (Å²) >= 11 is 0. The number of methoxy groups -OCH3 is 1. The molecule has 0 spiro atoms. The Labute approximate surface area is 257 Å². The molecule has 9 nitrogen and oxygen atoms in total. The first-order valence-corrected chi connectivity index (χ1v) is 15.3. The summed E-state index contributed by atoms with van der Waals surface area (Å²) in [4.78, 5) is 23.3. The lowest BCUT2D eigenvalue weighted by Gasteiger charge is -2.36. The molecule has 0 unspecified atom stereocenters. The number of aromatic nitrogens is 4. The Balaban J connectivity index is 1.20. The lowest BCUT2D eigenvalue weighted by molar-refractivity contribution is -0.0215.